The number of hydrogen-bond donors (Lipinski definition) is 1. The number of nitrogens with two attached hydrogens (primary N) is 1. The first kappa shape index (κ1) is 11.9. The van der Waals surface area contributed by atoms with E-state index in [2.05, 4.69) is 6.92 Å². The van der Waals surface area contributed by atoms with Gasteiger partial charge in [0.1, 0.15) is 0 Å². The van der Waals surface area contributed by atoms with Crippen LogP contribution in [0.25, 0.3) is 6.08 Å². The van der Waals surface area contributed by atoms with Gasteiger partial charge >= 0.3 is 0 Å². The Kier molecular flexibility index (Phi) is 4.05. The molecule has 0 spiro atoms. The summed E-state index contributed by atoms with van der Waals surface area (Å²) in [6, 6.07) is 7.75. The first-order chi connectivity index (χ1) is 7.01. The lowest BCUT2D eigenvalue weighted by atomic mass is 10.1. The van der Waals surface area contributed by atoms with Crippen LogP contribution in [0.15, 0.2) is 29.7 Å². The summed E-state index contributed by atoms with van der Waals surface area (Å²) in [4.78, 5) is 0. The van der Waals surface area contributed by atoms with Gasteiger partial charge in [0.2, 0.25) is 10.0 Å². The lowest BCUT2D eigenvalue weighted by Crippen LogP contribution is -2.06. The van der Waals surface area contributed by atoms with Crippen LogP contribution in [0.5, 0.6) is 0 Å². The fourth-order valence-electron chi connectivity index (χ4n) is 1.26. The summed E-state index contributed by atoms with van der Waals surface area (Å²) in [6.45, 7) is 2.12. The molecule has 1 aromatic rings. The zero-order valence-corrected chi connectivity index (χ0v) is 9.50. The van der Waals surface area contributed by atoms with E-state index in [-0.39, 0.29) is 0 Å². The maximum Gasteiger partial charge on any atom is 0.231 e. The monoisotopic (exact) mass is 225 g/mol. The fraction of sp³-hybridized carbons (Fsp3) is 0.273. The molecule has 0 unspecified atom stereocenters. The second-order valence-electron chi connectivity index (χ2n) is 3.38. The Balaban J connectivity index is 2.77. The van der Waals surface area contributed by atoms with Crippen molar-refractivity contribution in [2.75, 3.05) is 0 Å². The zero-order valence-electron chi connectivity index (χ0n) is 8.68. The molecule has 0 aromatic heterocycles. The molecule has 0 saturated carbocycles. The van der Waals surface area contributed by atoms with E-state index in [1.54, 1.807) is 0 Å². The average Bonchev–Trinajstić information content (AvgIpc) is 2.16. The smallest absolute Gasteiger partial charge is 0.225 e. The molecule has 15 heavy (non-hydrogen) atoms. The summed E-state index contributed by atoms with van der Waals surface area (Å²) in [5.41, 5.74) is 2.09. The van der Waals surface area contributed by atoms with Gasteiger partial charge in [0, 0.05) is 5.41 Å². The summed E-state index contributed by atoms with van der Waals surface area (Å²) >= 11 is 0. The van der Waals surface area contributed by atoms with Gasteiger partial charge in [-0.1, -0.05) is 37.6 Å². The van der Waals surface area contributed by atoms with Crippen LogP contribution in [-0.2, 0) is 16.4 Å². The van der Waals surface area contributed by atoms with Crippen molar-refractivity contribution in [3.05, 3.63) is 40.8 Å². The quantitative estimate of drug-likeness (QED) is 0.850. The predicted molar refractivity (Wildman–Crippen MR) is 62.6 cm³/mol. The van der Waals surface area contributed by atoms with Crippen molar-refractivity contribution in [3.63, 3.8) is 0 Å². The predicted octanol–water partition coefficient (Wildman–Crippen LogP) is 1.90. The normalized spacial score (nSPS) is 12.1. The standard InChI is InChI=1S/C11H15NO2S/c1-2-3-10-4-6-11(7-5-10)8-9-15(12,13)14/h4-9H,2-3H2,1H3,(H2,12,13,14)/b9-8+. The van der Waals surface area contributed by atoms with E-state index < -0.39 is 10.0 Å². The van der Waals surface area contributed by atoms with E-state index in [1.807, 2.05) is 24.3 Å². The van der Waals surface area contributed by atoms with Crippen molar-refractivity contribution < 1.29 is 8.42 Å². The maximum atomic E-state index is 10.7. The van der Waals surface area contributed by atoms with Gasteiger partial charge in [0.05, 0.1) is 0 Å². The molecule has 3 nitrogen and oxygen atoms in total. The molecule has 0 saturated heterocycles. The van der Waals surface area contributed by atoms with Crippen molar-refractivity contribution in [2.45, 2.75) is 19.8 Å². The van der Waals surface area contributed by atoms with Crippen LogP contribution in [0.3, 0.4) is 0 Å². The molecule has 0 radical (unpaired) electrons. The minimum atomic E-state index is -3.52. The van der Waals surface area contributed by atoms with Crippen molar-refractivity contribution in [2.24, 2.45) is 5.14 Å². The number of rotatable bonds is 4. The Hall–Kier alpha value is -1.13. The first-order valence-electron chi connectivity index (χ1n) is 4.81. The second kappa shape index (κ2) is 5.09. The second-order valence-corrected chi connectivity index (χ2v) is 4.83. The third-order valence-electron chi connectivity index (χ3n) is 1.97. The molecule has 0 fully saturated rings. The number of hydrogen-bond acceptors (Lipinski definition) is 2. The summed E-state index contributed by atoms with van der Waals surface area (Å²) in [7, 11) is -3.52. The van der Waals surface area contributed by atoms with E-state index in [1.165, 1.54) is 11.6 Å². The van der Waals surface area contributed by atoms with E-state index in [4.69, 9.17) is 5.14 Å². The van der Waals surface area contributed by atoms with Crippen LogP contribution in [0, 0.1) is 0 Å². The van der Waals surface area contributed by atoms with Gasteiger partial charge in [-0.25, -0.2) is 13.6 Å². The Morgan fingerprint density at radius 2 is 1.87 bits per heavy atom. The van der Waals surface area contributed by atoms with Crippen molar-refractivity contribution in [1.29, 1.82) is 0 Å². The topological polar surface area (TPSA) is 60.2 Å². The lowest BCUT2D eigenvalue weighted by molar-refractivity contribution is 0.606. The molecule has 82 valence electrons. The molecule has 4 heteroatoms. The molecule has 1 rings (SSSR count). The number of primary sulfonamides is 1. The molecule has 0 aliphatic rings. The van der Waals surface area contributed by atoms with Crippen LogP contribution < -0.4 is 5.14 Å². The van der Waals surface area contributed by atoms with Crippen molar-refractivity contribution in [3.8, 4) is 0 Å². The molecule has 0 aliphatic heterocycles. The summed E-state index contributed by atoms with van der Waals surface area (Å²) in [5.74, 6) is 0. The largest absolute Gasteiger partial charge is 0.231 e. The molecule has 0 bridgehead atoms. The van der Waals surface area contributed by atoms with Crippen LogP contribution >= 0.6 is 0 Å². The highest BCUT2D eigenvalue weighted by Crippen LogP contribution is 2.08. The Bertz CT molecular complexity index is 432. The number of benzene rings is 1. The van der Waals surface area contributed by atoms with E-state index in [0.29, 0.717) is 0 Å². The van der Waals surface area contributed by atoms with Crippen LogP contribution in [0.4, 0.5) is 0 Å². The number of aryl methyl sites for hydroxylation is 1. The molecule has 1 aromatic carbocycles. The lowest BCUT2D eigenvalue weighted by Gasteiger charge is -1.98. The molecule has 0 amide bonds. The third kappa shape index (κ3) is 4.76. The average molecular weight is 225 g/mol. The molecule has 0 aliphatic carbocycles. The maximum absolute atomic E-state index is 10.7. The molecule has 0 heterocycles. The SMILES string of the molecule is CCCc1ccc(/C=C/S(N)(=O)=O)cc1. The van der Waals surface area contributed by atoms with Crippen LogP contribution in [0.2, 0.25) is 0 Å². The first-order valence-corrected chi connectivity index (χ1v) is 6.42. The van der Waals surface area contributed by atoms with Gasteiger partial charge in [-0.3, -0.25) is 0 Å². The summed E-state index contributed by atoms with van der Waals surface area (Å²) in [6.07, 6.45) is 3.64. The van der Waals surface area contributed by atoms with Gasteiger partial charge in [0.25, 0.3) is 0 Å². The number of sulfonamides is 1. The van der Waals surface area contributed by atoms with Gasteiger partial charge < -0.3 is 0 Å². The summed E-state index contributed by atoms with van der Waals surface area (Å²) < 4.78 is 21.3. The highest BCUT2D eigenvalue weighted by molar-refractivity contribution is 7.92. The molecule has 2 N–H and O–H groups in total. The van der Waals surface area contributed by atoms with Gasteiger partial charge in [-0.2, -0.15) is 0 Å². The molecule has 0 atom stereocenters. The van der Waals surface area contributed by atoms with E-state index >= 15 is 0 Å². The van der Waals surface area contributed by atoms with E-state index in [9.17, 15) is 8.42 Å². The highest BCUT2D eigenvalue weighted by Gasteiger charge is 1.94. The van der Waals surface area contributed by atoms with Crippen molar-refractivity contribution in [1.82, 2.24) is 0 Å². The summed E-state index contributed by atoms with van der Waals surface area (Å²) in [5, 5.41) is 5.85. The Morgan fingerprint density at radius 1 is 1.27 bits per heavy atom. The van der Waals surface area contributed by atoms with Crippen LogP contribution in [0.1, 0.15) is 24.5 Å². The molecular weight excluding hydrogens is 210 g/mol. The minimum Gasteiger partial charge on any atom is -0.225 e. The molecular formula is C11H15NO2S. The van der Waals surface area contributed by atoms with Gasteiger partial charge in [0.15, 0.2) is 0 Å². The Labute approximate surface area is 90.7 Å². The van der Waals surface area contributed by atoms with E-state index in [0.717, 1.165) is 23.8 Å². The van der Waals surface area contributed by atoms with Gasteiger partial charge in [-0.15, -0.1) is 0 Å². The Morgan fingerprint density at radius 3 is 2.33 bits per heavy atom. The van der Waals surface area contributed by atoms with Crippen LogP contribution in [-0.4, -0.2) is 8.42 Å². The fourth-order valence-corrected chi connectivity index (χ4v) is 1.60. The zero-order chi connectivity index (χ0) is 11.3. The minimum absolute atomic E-state index is 0.837. The van der Waals surface area contributed by atoms with Crippen molar-refractivity contribution >= 4 is 16.1 Å². The van der Waals surface area contributed by atoms with Gasteiger partial charge in [-0.05, 0) is 23.6 Å². The third-order valence-corrected chi connectivity index (χ3v) is 2.48. The highest BCUT2D eigenvalue weighted by atomic mass is 32.2.